The second-order valence-corrected chi connectivity index (χ2v) is 6.87. The van der Waals surface area contributed by atoms with Gasteiger partial charge in [-0.1, -0.05) is 27.7 Å². The molecule has 0 saturated carbocycles. The van der Waals surface area contributed by atoms with Crippen LogP contribution in [-0.4, -0.2) is 12.6 Å². The first kappa shape index (κ1) is 14.7. The van der Waals surface area contributed by atoms with Crippen molar-refractivity contribution in [1.29, 1.82) is 0 Å². The molecule has 1 nitrogen and oxygen atoms in total. The van der Waals surface area contributed by atoms with Crippen LogP contribution in [0.25, 0.3) is 0 Å². The lowest BCUT2D eigenvalue weighted by molar-refractivity contribution is 0.298. The van der Waals surface area contributed by atoms with Crippen LogP contribution in [0.15, 0.2) is 16.8 Å². The van der Waals surface area contributed by atoms with Crippen molar-refractivity contribution in [2.45, 2.75) is 59.4 Å². The van der Waals surface area contributed by atoms with E-state index in [0.717, 1.165) is 6.54 Å². The van der Waals surface area contributed by atoms with Crippen LogP contribution in [-0.2, 0) is 6.42 Å². The second kappa shape index (κ2) is 7.17. The Kier molecular flexibility index (Phi) is 6.21. The smallest absolute Gasteiger partial charge is 0.00752 e. The maximum absolute atomic E-state index is 3.69. The molecular formula is C15H27NS. The van der Waals surface area contributed by atoms with E-state index in [1.165, 1.54) is 31.2 Å². The van der Waals surface area contributed by atoms with Crippen molar-refractivity contribution in [3.8, 4) is 0 Å². The summed E-state index contributed by atoms with van der Waals surface area (Å²) in [5.74, 6) is 0. The lowest BCUT2D eigenvalue weighted by atomic mass is 9.86. The highest BCUT2D eigenvalue weighted by Gasteiger charge is 2.18. The molecule has 0 saturated heterocycles. The minimum Gasteiger partial charge on any atom is -0.314 e. The second-order valence-electron chi connectivity index (χ2n) is 6.09. The van der Waals surface area contributed by atoms with E-state index in [1.807, 2.05) is 0 Å². The summed E-state index contributed by atoms with van der Waals surface area (Å²) in [7, 11) is 0. The van der Waals surface area contributed by atoms with Gasteiger partial charge in [-0.15, -0.1) is 0 Å². The highest BCUT2D eigenvalue weighted by Crippen LogP contribution is 2.23. The normalized spacial score (nSPS) is 13.9. The predicted molar refractivity (Wildman–Crippen MR) is 78.8 cm³/mol. The molecule has 0 aliphatic carbocycles. The van der Waals surface area contributed by atoms with Crippen LogP contribution in [0.1, 0.15) is 52.5 Å². The number of rotatable bonds is 7. The zero-order valence-electron chi connectivity index (χ0n) is 11.8. The summed E-state index contributed by atoms with van der Waals surface area (Å²) in [6.45, 7) is 10.4. The minimum absolute atomic E-state index is 0.417. The molecule has 1 unspecified atom stereocenters. The third-order valence-electron chi connectivity index (χ3n) is 2.90. The Morgan fingerprint density at radius 1 is 1.35 bits per heavy atom. The Morgan fingerprint density at radius 2 is 2.12 bits per heavy atom. The average molecular weight is 253 g/mol. The van der Waals surface area contributed by atoms with Crippen LogP contribution in [0.3, 0.4) is 0 Å². The van der Waals surface area contributed by atoms with Gasteiger partial charge in [0.15, 0.2) is 0 Å². The lowest BCUT2D eigenvalue weighted by Gasteiger charge is -2.27. The van der Waals surface area contributed by atoms with E-state index < -0.39 is 0 Å². The Balaban J connectivity index is 2.39. The Bertz CT molecular complexity index is 284. The number of aryl methyl sites for hydroxylation is 1. The maximum atomic E-state index is 3.69. The molecule has 0 aliphatic rings. The van der Waals surface area contributed by atoms with Gasteiger partial charge < -0.3 is 5.32 Å². The summed E-state index contributed by atoms with van der Waals surface area (Å²) < 4.78 is 0. The van der Waals surface area contributed by atoms with E-state index in [1.54, 1.807) is 11.3 Å². The van der Waals surface area contributed by atoms with Crippen LogP contribution >= 0.6 is 11.3 Å². The van der Waals surface area contributed by atoms with E-state index >= 15 is 0 Å². The zero-order valence-corrected chi connectivity index (χ0v) is 12.6. The summed E-state index contributed by atoms with van der Waals surface area (Å²) in [6, 6.07) is 2.91. The van der Waals surface area contributed by atoms with Crippen LogP contribution in [0.2, 0.25) is 0 Å². The number of thiophene rings is 1. The Morgan fingerprint density at radius 3 is 2.65 bits per heavy atom. The number of hydrogen-bond donors (Lipinski definition) is 1. The third kappa shape index (κ3) is 6.85. The van der Waals surface area contributed by atoms with Crippen molar-refractivity contribution in [3.05, 3.63) is 22.4 Å². The van der Waals surface area contributed by atoms with Crippen molar-refractivity contribution in [2.75, 3.05) is 6.54 Å². The van der Waals surface area contributed by atoms with Crippen LogP contribution in [0.4, 0.5) is 0 Å². The fourth-order valence-electron chi connectivity index (χ4n) is 2.14. The van der Waals surface area contributed by atoms with Crippen LogP contribution in [0.5, 0.6) is 0 Å². The molecule has 1 rings (SSSR count). The van der Waals surface area contributed by atoms with E-state index in [4.69, 9.17) is 0 Å². The van der Waals surface area contributed by atoms with Gasteiger partial charge in [0.25, 0.3) is 0 Å². The van der Waals surface area contributed by atoms with Gasteiger partial charge in [-0.2, -0.15) is 11.3 Å². The third-order valence-corrected chi connectivity index (χ3v) is 3.64. The number of nitrogens with one attached hydrogen (secondary N) is 1. The molecule has 2 heteroatoms. The molecule has 0 fully saturated rings. The van der Waals surface area contributed by atoms with Crippen molar-refractivity contribution in [1.82, 2.24) is 5.32 Å². The zero-order chi connectivity index (χ0) is 12.7. The molecule has 0 radical (unpaired) electrons. The predicted octanol–water partition coefficient (Wildman–Crippen LogP) is 4.49. The highest BCUT2D eigenvalue weighted by atomic mass is 32.1. The van der Waals surface area contributed by atoms with Crippen LogP contribution in [0, 0.1) is 5.41 Å². The molecule has 0 aromatic carbocycles. The van der Waals surface area contributed by atoms with Gasteiger partial charge in [0.05, 0.1) is 0 Å². The molecule has 17 heavy (non-hydrogen) atoms. The molecule has 0 bridgehead atoms. The summed E-state index contributed by atoms with van der Waals surface area (Å²) in [5.41, 5.74) is 1.91. The van der Waals surface area contributed by atoms with Gasteiger partial charge in [-0.3, -0.25) is 0 Å². The number of hydrogen-bond acceptors (Lipinski definition) is 2. The minimum atomic E-state index is 0.417. The molecule has 0 spiro atoms. The fourth-order valence-corrected chi connectivity index (χ4v) is 2.84. The van der Waals surface area contributed by atoms with Gasteiger partial charge in [0, 0.05) is 6.04 Å². The summed E-state index contributed by atoms with van der Waals surface area (Å²) in [6.07, 6.45) is 4.95. The van der Waals surface area contributed by atoms with Crippen molar-refractivity contribution < 1.29 is 0 Å². The van der Waals surface area contributed by atoms with Crippen molar-refractivity contribution in [3.63, 3.8) is 0 Å². The molecule has 0 amide bonds. The van der Waals surface area contributed by atoms with Gasteiger partial charge in [-0.05, 0) is 60.0 Å². The first-order valence-electron chi connectivity index (χ1n) is 6.76. The summed E-state index contributed by atoms with van der Waals surface area (Å²) in [4.78, 5) is 0. The van der Waals surface area contributed by atoms with Gasteiger partial charge in [0.2, 0.25) is 0 Å². The molecule has 1 aromatic heterocycles. The Labute approximate surface area is 111 Å². The topological polar surface area (TPSA) is 12.0 Å². The highest BCUT2D eigenvalue weighted by molar-refractivity contribution is 7.07. The van der Waals surface area contributed by atoms with Gasteiger partial charge in [-0.25, -0.2) is 0 Å². The quantitative estimate of drug-likeness (QED) is 0.755. The van der Waals surface area contributed by atoms with Gasteiger partial charge >= 0.3 is 0 Å². The van der Waals surface area contributed by atoms with Crippen molar-refractivity contribution >= 4 is 11.3 Å². The standard InChI is InChI=1S/C15H27NS/c1-5-9-16-14(11-15(2,3)4)7-6-13-8-10-17-12-13/h8,10,12,14,16H,5-7,9,11H2,1-4H3. The average Bonchev–Trinajstić information content (AvgIpc) is 2.73. The SMILES string of the molecule is CCCNC(CCc1ccsc1)CC(C)(C)C. The summed E-state index contributed by atoms with van der Waals surface area (Å²) in [5, 5.41) is 8.14. The molecule has 98 valence electrons. The van der Waals surface area contributed by atoms with E-state index in [2.05, 4.69) is 49.8 Å². The molecule has 1 atom stereocenters. The van der Waals surface area contributed by atoms with Gasteiger partial charge in [0.1, 0.15) is 0 Å². The van der Waals surface area contributed by atoms with Crippen LogP contribution < -0.4 is 5.32 Å². The van der Waals surface area contributed by atoms with E-state index in [9.17, 15) is 0 Å². The molecule has 0 aliphatic heterocycles. The lowest BCUT2D eigenvalue weighted by Crippen LogP contribution is -2.33. The van der Waals surface area contributed by atoms with E-state index in [0.29, 0.717) is 11.5 Å². The van der Waals surface area contributed by atoms with Crippen molar-refractivity contribution in [2.24, 2.45) is 5.41 Å². The molecule has 1 N–H and O–H groups in total. The largest absolute Gasteiger partial charge is 0.314 e. The first-order valence-corrected chi connectivity index (χ1v) is 7.70. The monoisotopic (exact) mass is 253 g/mol. The Hall–Kier alpha value is -0.340. The first-order chi connectivity index (χ1) is 8.01. The van der Waals surface area contributed by atoms with E-state index in [-0.39, 0.29) is 0 Å². The summed E-state index contributed by atoms with van der Waals surface area (Å²) >= 11 is 1.80. The molecular weight excluding hydrogens is 226 g/mol. The fraction of sp³-hybridized carbons (Fsp3) is 0.733. The molecule has 1 aromatic rings. The molecule has 1 heterocycles. The maximum Gasteiger partial charge on any atom is 0.00752 e.